The number of aromatic nitrogens is 1. The Morgan fingerprint density at radius 3 is 2.50 bits per heavy atom. The number of ether oxygens (including phenoxy) is 1. The molecule has 0 atom stereocenters. The summed E-state index contributed by atoms with van der Waals surface area (Å²) in [7, 11) is 0. The van der Waals surface area contributed by atoms with Crippen LogP contribution in [0.1, 0.15) is 10.5 Å². The molecule has 0 bridgehead atoms. The second-order valence-corrected chi connectivity index (χ2v) is 4.17. The molecule has 2 rings (SSSR count). The third-order valence-electron chi connectivity index (χ3n) is 2.51. The lowest BCUT2D eigenvalue weighted by Gasteiger charge is -2.08. The normalized spacial score (nSPS) is 10.0. The van der Waals surface area contributed by atoms with Crippen LogP contribution in [0.25, 0.3) is 0 Å². The Morgan fingerprint density at radius 1 is 1.23 bits per heavy atom. The van der Waals surface area contributed by atoms with Crippen LogP contribution < -0.4 is 10.1 Å². The number of aliphatic carboxylic acids is 1. The number of carboxylic acids is 1. The topological polar surface area (TPSA) is 109 Å². The van der Waals surface area contributed by atoms with Crippen molar-refractivity contribution in [1.29, 1.82) is 0 Å². The first-order valence-corrected chi connectivity index (χ1v) is 6.08. The van der Waals surface area contributed by atoms with E-state index in [0.717, 1.165) is 6.07 Å². The van der Waals surface area contributed by atoms with E-state index in [-0.39, 0.29) is 11.4 Å². The molecule has 2 aromatic rings. The van der Waals surface area contributed by atoms with Crippen LogP contribution in [0.5, 0.6) is 17.2 Å². The van der Waals surface area contributed by atoms with Crippen molar-refractivity contribution in [2.75, 3.05) is 6.54 Å². The number of carbonyl (C=O) groups is 2. The Kier molecular flexibility index (Phi) is 4.52. The molecule has 0 fully saturated rings. The van der Waals surface area contributed by atoms with Crippen molar-refractivity contribution in [1.82, 2.24) is 10.3 Å². The van der Waals surface area contributed by atoms with Crippen LogP contribution in [0, 0.1) is 5.82 Å². The van der Waals surface area contributed by atoms with Gasteiger partial charge in [0.1, 0.15) is 23.9 Å². The van der Waals surface area contributed by atoms with Gasteiger partial charge in [0.05, 0.1) is 6.20 Å². The van der Waals surface area contributed by atoms with Crippen LogP contribution in [0.3, 0.4) is 0 Å². The molecule has 1 aromatic heterocycles. The minimum atomic E-state index is -1.22. The molecule has 7 nitrogen and oxygen atoms in total. The van der Waals surface area contributed by atoms with E-state index in [4.69, 9.17) is 9.84 Å². The summed E-state index contributed by atoms with van der Waals surface area (Å²) in [6, 6.07) is 6.33. The molecule has 114 valence electrons. The highest BCUT2D eigenvalue weighted by Gasteiger charge is 2.15. The van der Waals surface area contributed by atoms with Gasteiger partial charge in [-0.3, -0.25) is 9.59 Å². The van der Waals surface area contributed by atoms with Crippen LogP contribution in [-0.4, -0.2) is 33.6 Å². The maximum atomic E-state index is 12.8. The number of hydrogen-bond acceptors (Lipinski definition) is 5. The molecule has 22 heavy (non-hydrogen) atoms. The Morgan fingerprint density at radius 2 is 1.91 bits per heavy atom. The van der Waals surface area contributed by atoms with Gasteiger partial charge in [-0.05, 0) is 24.3 Å². The van der Waals surface area contributed by atoms with Gasteiger partial charge >= 0.3 is 5.97 Å². The van der Waals surface area contributed by atoms with Gasteiger partial charge < -0.3 is 20.3 Å². The molecule has 0 radical (unpaired) electrons. The summed E-state index contributed by atoms with van der Waals surface area (Å²) in [6.45, 7) is -0.589. The zero-order chi connectivity index (χ0) is 16.1. The van der Waals surface area contributed by atoms with Crippen LogP contribution in [0.15, 0.2) is 36.5 Å². The highest BCUT2D eigenvalue weighted by Crippen LogP contribution is 2.25. The van der Waals surface area contributed by atoms with Gasteiger partial charge in [0.15, 0.2) is 11.4 Å². The van der Waals surface area contributed by atoms with Gasteiger partial charge in [0.25, 0.3) is 5.91 Å². The average molecular weight is 306 g/mol. The lowest BCUT2D eigenvalue weighted by molar-refractivity contribution is -0.135. The highest BCUT2D eigenvalue weighted by atomic mass is 19.1. The summed E-state index contributed by atoms with van der Waals surface area (Å²) in [6.07, 6.45) is 1.18. The number of benzene rings is 1. The van der Waals surface area contributed by atoms with Crippen LogP contribution in [-0.2, 0) is 4.79 Å². The van der Waals surface area contributed by atoms with Crippen molar-refractivity contribution in [3.8, 4) is 17.2 Å². The van der Waals surface area contributed by atoms with E-state index in [2.05, 4.69) is 10.3 Å². The van der Waals surface area contributed by atoms with E-state index in [1.54, 1.807) is 0 Å². The predicted octanol–water partition coefficient (Wildman–Crippen LogP) is 1.53. The molecule has 0 saturated carbocycles. The Balaban J connectivity index is 2.10. The third-order valence-corrected chi connectivity index (χ3v) is 2.51. The van der Waals surface area contributed by atoms with Crippen LogP contribution >= 0.6 is 0 Å². The molecule has 1 heterocycles. The molecule has 0 aliphatic carbocycles. The number of amides is 1. The molecule has 8 heteroatoms. The largest absolute Gasteiger partial charge is 0.505 e. The van der Waals surface area contributed by atoms with Crippen molar-refractivity contribution in [2.24, 2.45) is 0 Å². The number of nitrogens with one attached hydrogen (secondary N) is 1. The fourth-order valence-corrected chi connectivity index (χ4v) is 1.54. The van der Waals surface area contributed by atoms with Gasteiger partial charge in [-0.1, -0.05) is 0 Å². The van der Waals surface area contributed by atoms with Crippen molar-refractivity contribution in [2.45, 2.75) is 0 Å². The van der Waals surface area contributed by atoms with E-state index in [0.29, 0.717) is 5.75 Å². The van der Waals surface area contributed by atoms with Gasteiger partial charge in [0, 0.05) is 6.07 Å². The van der Waals surface area contributed by atoms with E-state index < -0.39 is 30.0 Å². The lowest BCUT2D eigenvalue weighted by atomic mass is 10.3. The summed E-state index contributed by atoms with van der Waals surface area (Å²) < 4.78 is 18.1. The monoisotopic (exact) mass is 306 g/mol. The fraction of sp³-hybridized carbons (Fsp3) is 0.0714. The molecule has 0 saturated heterocycles. The molecule has 0 unspecified atom stereocenters. The molecule has 0 aliphatic heterocycles. The number of carboxylic acid groups (broad SMARTS) is 1. The SMILES string of the molecule is O=C(O)CNC(=O)c1ncc(Oc2ccc(F)cc2)cc1O. The van der Waals surface area contributed by atoms with E-state index in [1.807, 2.05) is 0 Å². The summed E-state index contributed by atoms with van der Waals surface area (Å²) >= 11 is 0. The summed E-state index contributed by atoms with van der Waals surface area (Å²) in [5, 5.41) is 20.3. The summed E-state index contributed by atoms with van der Waals surface area (Å²) in [4.78, 5) is 25.7. The summed E-state index contributed by atoms with van der Waals surface area (Å²) in [5.41, 5.74) is -0.326. The number of rotatable bonds is 5. The Labute approximate surface area is 124 Å². The maximum absolute atomic E-state index is 12.8. The number of hydrogen-bond donors (Lipinski definition) is 3. The van der Waals surface area contributed by atoms with Gasteiger partial charge in [-0.2, -0.15) is 0 Å². The van der Waals surface area contributed by atoms with E-state index >= 15 is 0 Å². The quantitative estimate of drug-likeness (QED) is 0.773. The second-order valence-electron chi connectivity index (χ2n) is 4.17. The molecule has 0 spiro atoms. The van der Waals surface area contributed by atoms with Crippen LogP contribution in [0.2, 0.25) is 0 Å². The minimum Gasteiger partial charge on any atom is -0.505 e. The number of nitrogens with zero attached hydrogens (tertiary/aromatic N) is 1. The smallest absolute Gasteiger partial charge is 0.322 e. The van der Waals surface area contributed by atoms with Crippen molar-refractivity contribution in [3.05, 3.63) is 48.0 Å². The van der Waals surface area contributed by atoms with Crippen molar-refractivity contribution in [3.63, 3.8) is 0 Å². The standard InChI is InChI=1S/C14H11FN2O5/c15-8-1-3-9(4-2-8)22-10-5-11(18)13(16-6-10)14(21)17-7-12(19)20/h1-6,18H,7H2,(H,17,21)(H,19,20). The first-order chi connectivity index (χ1) is 10.5. The predicted molar refractivity (Wildman–Crippen MR) is 72.3 cm³/mol. The second kappa shape index (κ2) is 6.53. The van der Waals surface area contributed by atoms with Gasteiger partial charge in [0.2, 0.25) is 0 Å². The molecule has 1 aromatic carbocycles. The minimum absolute atomic E-state index is 0.138. The number of halogens is 1. The molecule has 3 N–H and O–H groups in total. The maximum Gasteiger partial charge on any atom is 0.322 e. The Hall–Kier alpha value is -3.16. The van der Waals surface area contributed by atoms with Crippen molar-refractivity contribution >= 4 is 11.9 Å². The lowest BCUT2D eigenvalue weighted by Crippen LogP contribution is -2.29. The van der Waals surface area contributed by atoms with Crippen LogP contribution in [0.4, 0.5) is 4.39 Å². The molecular weight excluding hydrogens is 295 g/mol. The molecular formula is C14H11FN2O5. The first kappa shape index (κ1) is 15.2. The Bertz CT molecular complexity index is 703. The number of carbonyl (C=O) groups excluding carboxylic acids is 1. The summed E-state index contributed by atoms with van der Waals surface area (Å²) in [5.74, 6) is -2.47. The zero-order valence-electron chi connectivity index (χ0n) is 11.1. The van der Waals surface area contributed by atoms with E-state index in [9.17, 15) is 19.1 Å². The van der Waals surface area contributed by atoms with Crippen molar-refractivity contribution < 1.29 is 28.9 Å². The van der Waals surface area contributed by atoms with Gasteiger partial charge in [-0.15, -0.1) is 0 Å². The number of pyridine rings is 1. The first-order valence-electron chi connectivity index (χ1n) is 6.08. The fourth-order valence-electron chi connectivity index (χ4n) is 1.54. The third kappa shape index (κ3) is 3.92. The van der Waals surface area contributed by atoms with Gasteiger partial charge in [-0.25, -0.2) is 9.37 Å². The highest BCUT2D eigenvalue weighted by molar-refractivity contribution is 5.96. The number of aromatic hydroxyl groups is 1. The zero-order valence-corrected chi connectivity index (χ0v) is 11.1. The van der Waals surface area contributed by atoms with E-state index in [1.165, 1.54) is 30.5 Å². The molecule has 0 aliphatic rings. The molecule has 1 amide bonds. The average Bonchev–Trinajstić information content (AvgIpc) is 2.47.